The van der Waals surface area contributed by atoms with Crippen molar-refractivity contribution < 1.29 is 5.11 Å². The van der Waals surface area contributed by atoms with Crippen LogP contribution in [0.4, 0.5) is 0 Å². The molecular formula is C9H8BrNO. The van der Waals surface area contributed by atoms with E-state index in [0.29, 0.717) is 10.3 Å². The molecule has 1 heterocycles. The third-order valence-electron chi connectivity index (χ3n) is 1.49. The van der Waals surface area contributed by atoms with Crippen LogP contribution in [-0.4, -0.2) is 10.1 Å². The zero-order valence-electron chi connectivity index (χ0n) is 6.58. The standard InChI is InChI=1S/C9H8BrNO/c1-3-9(2,12)7-5-4-6-8(10)11-7/h1,4-6,12H,2H3. The molecule has 1 unspecified atom stereocenters. The Balaban J connectivity index is 3.14. The maximum absolute atomic E-state index is 9.60. The molecule has 1 aromatic heterocycles. The van der Waals surface area contributed by atoms with E-state index in [0.717, 1.165) is 0 Å². The summed E-state index contributed by atoms with van der Waals surface area (Å²) in [5.74, 6) is 2.26. The maximum Gasteiger partial charge on any atom is 0.164 e. The second kappa shape index (κ2) is 3.26. The number of hydrogen-bond acceptors (Lipinski definition) is 2. The average Bonchev–Trinajstić information content (AvgIpc) is 2.05. The molecule has 2 nitrogen and oxygen atoms in total. The van der Waals surface area contributed by atoms with Gasteiger partial charge in [-0.05, 0) is 35.0 Å². The number of halogens is 1. The van der Waals surface area contributed by atoms with E-state index in [2.05, 4.69) is 26.8 Å². The molecule has 1 atom stereocenters. The number of terminal acetylenes is 1. The minimum Gasteiger partial charge on any atom is -0.372 e. The van der Waals surface area contributed by atoms with Gasteiger partial charge in [-0.2, -0.15) is 0 Å². The first-order valence-corrected chi connectivity index (χ1v) is 4.19. The van der Waals surface area contributed by atoms with Crippen molar-refractivity contribution >= 4 is 15.9 Å². The Hall–Kier alpha value is -0.850. The van der Waals surface area contributed by atoms with Gasteiger partial charge in [0.15, 0.2) is 5.60 Å². The van der Waals surface area contributed by atoms with Crippen molar-refractivity contribution in [2.24, 2.45) is 0 Å². The molecule has 62 valence electrons. The SMILES string of the molecule is C#CC(C)(O)c1cccc(Br)n1. The van der Waals surface area contributed by atoms with Gasteiger partial charge in [0.05, 0.1) is 5.69 Å². The first-order valence-electron chi connectivity index (χ1n) is 3.39. The normalized spacial score (nSPS) is 14.8. The van der Waals surface area contributed by atoms with Gasteiger partial charge in [-0.25, -0.2) is 4.98 Å². The number of aliphatic hydroxyl groups is 1. The molecule has 0 fully saturated rings. The Kier molecular flexibility index (Phi) is 2.51. The maximum atomic E-state index is 9.60. The van der Waals surface area contributed by atoms with Gasteiger partial charge < -0.3 is 5.11 Å². The number of nitrogens with zero attached hydrogens (tertiary/aromatic N) is 1. The quantitative estimate of drug-likeness (QED) is 0.583. The van der Waals surface area contributed by atoms with E-state index in [4.69, 9.17) is 6.42 Å². The van der Waals surface area contributed by atoms with Gasteiger partial charge in [-0.3, -0.25) is 0 Å². The number of rotatable bonds is 1. The first kappa shape index (κ1) is 9.24. The van der Waals surface area contributed by atoms with E-state index >= 15 is 0 Å². The molecule has 0 aliphatic rings. The van der Waals surface area contributed by atoms with Crippen molar-refractivity contribution in [1.82, 2.24) is 4.98 Å². The highest BCUT2D eigenvalue weighted by atomic mass is 79.9. The van der Waals surface area contributed by atoms with Crippen LogP contribution in [0.15, 0.2) is 22.8 Å². The van der Waals surface area contributed by atoms with Crippen LogP contribution in [0.2, 0.25) is 0 Å². The molecule has 0 aliphatic heterocycles. The molecule has 0 aliphatic carbocycles. The molecule has 1 aromatic rings. The van der Waals surface area contributed by atoms with Crippen molar-refractivity contribution in [2.75, 3.05) is 0 Å². The highest BCUT2D eigenvalue weighted by Gasteiger charge is 2.20. The second-order valence-corrected chi connectivity index (χ2v) is 3.37. The van der Waals surface area contributed by atoms with Gasteiger partial charge in [0.1, 0.15) is 4.60 Å². The number of aromatic nitrogens is 1. The lowest BCUT2D eigenvalue weighted by Gasteiger charge is -2.14. The van der Waals surface area contributed by atoms with Crippen LogP contribution in [0.25, 0.3) is 0 Å². The zero-order valence-corrected chi connectivity index (χ0v) is 8.17. The molecule has 0 amide bonds. The Morgan fingerprint density at radius 1 is 1.67 bits per heavy atom. The van der Waals surface area contributed by atoms with E-state index in [9.17, 15) is 5.11 Å². The Morgan fingerprint density at radius 2 is 2.33 bits per heavy atom. The highest BCUT2D eigenvalue weighted by Crippen LogP contribution is 2.18. The Morgan fingerprint density at radius 3 is 2.83 bits per heavy atom. The average molecular weight is 226 g/mol. The Bertz CT molecular complexity index is 328. The summed E-state index contributed by atoms with van der Waals surface area (Å²) < 4.78 is 0.663. The summed E-state index contributed by atoms with van der Waals surface area (Å²) in [4.78, 5) is 4.04. The van der Waals surface area contributed by atoms with Gasteiger partial charge in [-0.15, -0.1) is 6.42 Å². The summed E-state index contributed by atoms with van der Waals surface area (Å²) in [6.07, 6.45) is 5.13. The third-order valence-corrected chi connectivity index (χ3v) is 1.94. The molecule has 0 bridgehead atoms. The molecule has 0 saturated carbocycles. The van der Waals surface area contributed by atoms with Crippen LogP contribution in [0, 0.1) is 12.3 Å². The minimum atomic E-state index is -1.29. The fraction of sp³-hybridized carbons (Fsp3) is 0.222. The summed E-state index contributed by atoms with van der Waals surface area (Å²) in [6.45, 7) is 1.53. The van der Waals surface area contributed by atoms with Gasteiger partial charge in [0.25, 0.3) is 0 Å². The summed E-state index contributed by atoms with van der Waals surface area (Å²) in [5, 5.41) is 9.60. The first-order chi connectivity index (χ1) is 5.56. The van der Waals surface area contributed by atoms with E-state index in [1.165, 1.54) is 6.92 Å². The lowest BCUT2D eigenvalue weighted by Crippen LogP contribution is -2.19. The molecule has 12 heavy (non-hydrogen) atoms. The summed E-state index contributed by atoms with van der Waals surface area (Å²) in [7, 11) is 0. The molecule has 3 heteroatoms. The minimum absolute atomic E-state index is 0.472. The summed E-state index contributed by atoms with van der Waals surface area (Å²) in [6, 6.07) is 5.24. The second-order valence-electron chi connectivity index (χ2n) is 2.56. The molecule has 0 spiro atoms. The van der Waals surface area contributed by atoms with E-state index in [-0.39, 0.29) is 0 Å². The van der Waals surface area contributed by atoms with Crippen molar-refractivity contribution in [2.45, 2.75) is 12.5 Å². The fourth-order valence-electron chi connectivity index (χ4n) is 0.753. The monoisotopic (exact) mass is 225 g/mol. The van der Waals surface area contributed by atoms with E-state index in [1.54, 1.807) is 18.2 Å². The van der Waals surface area contributed by atoms with Crippen LogP contribution in [0.3, 0.4) is 0 Å². The predicted molar refractivity (Wildman–Crippen MR) is 50.3 cm³/mol. The van der Waals surface area contributed by atoms with Gasteiger partial charge >= 0.3 is 0 Å². The lowest BCUT2D eigenvalue weighted by atomic mass is 10.0. The van der Waals surface area contributed by atoms with Gasteiger partial charge in [-0.1, -0.05) is 12.0 Å². The van der Waals surface area contributed by atoms with E-state index in [1.807, 2.05) is 0 Å². The van der Waals surface area contributed by atoms with Crippen LogP contribution in [0.1, 0.15) is 12.6 Å². The fourth-order valence-corrected chi connectivity index (χ4v) is 1.10. The van der Waals surface area contributed by atoms with Crippen molar-refractivity contribution in [3.05, 3.63) is 28.5 Å². The van der Waals surface area contributed by atoms with Gasteiger partial charge in [0, 0.05) is 0 Å². The van der Waals surface area contributed by atoms with Crippen LogP contribution >= 0.6 is 15.9 Å². The number of pyridine rings is 1. The molecule has 0 saturated heterocycles. The molecule has 1 N–H and O–H groups in total. The molecule has 1 rings (SSSR count). The van der Waals surface area contributed by atoms with E-state index < -0.39 is 5.60 Å². The smallest absolute Gasteiger partial charge is 0.164 e. The molecule has 0 radical (unpaired) electrons. The van der Waals surface area contributed by atoms with Crippen molar-refractivity contribution in [3.8, 4) is 12.3 Å². The third kappa shape index (κ3) is 1.84. The summed E-state index contributed by atoms with van der Waals surface area (Å²) >= 11 is 3.19. The topological polar surface area (TPSA) is 33.1 Å². The van der Waals surface area contributed by atoms with Crippen molar-refractivity contribution in [3.63, 3.8) is 0 Å². The lowest BCUT2D eigenvalue weighted by molar-refractivity contribution is 0.117. The van der Waals surface area contributed by atoms with Crippen molar-refractivity contribution in [1.29, 1.82) is 0 Å². The largest absolute Gasteiger partial charge is 0.372 e. The Labute approximate surface area is 79.8 Å². The highest BCUT2D eigenvalue weighted by molar-refractivity contribution is 9.10. The van der Waals surface area contributed by atoms with Crippen LogP contribution in [0.5, 0.6) is 0 Å². The molecular weight excluding hydrogens is 218 g/mol. The molecule has 0 aromatic carbocycles. The predicted octanol–water partition coefficient (Wildman–Crippen LogP) is 1.68. The zero-order chi connectivity index (χ0) is 9.19. The summed E-state index contributed by atoms with van der Waals surface area (Å²) in [5.41, 5.74) is -0.816. The van der Waals surface area contributed by atoms with Crippen LogP contribution in [-0.2, 0) is 5.60 Å². The van der Waals surface area contributed by atoms with Crippen LogP contribution < -0.4 is 0 Å². The number of hydrogen-bond donors (Lipinski definition) is 1. The van der Waals surface area contributed by atoms with Gasteiger partial charge in [0.2, 0.25) is 0 Å².